The maximum Gasteiger partial charge on any atom is 0.186 e. The molecule has 0 aliphatic heterocycles. The second-order valence-corrected chi connectivity index (χ2v) is 5.73. The standard InChI is InChI=1S/C14H15Cl2N5S/c1-9-12(7-18-19-14(22)17-2)13(16)21(20-9)8-10-3-5-11(15)6-4-10/h3-7H,8H2,1-2H3,(H2,17,19,22)/b18-7+. The number of aromatic nitrogens is 2. The Balaban J connectivity index is 2.16. The highest BCUT2D eigenvalue weighted by atomic mass is 35.5. The van der Waals surface area contributed by atoms with Crippen LogP contribution in [0.15, 0.2) is 29.4 Å². The lowest BCUT2D eigenvalue weighted by atomic mass is 10.2. The molecule has 0 radical (unpaired) electrons. The van der Waals surface area contributed by atoms with Gasteiger partial charge in [0.15, 0.2) is 5.11 Å². The summed E-state index contributed by atoms with van der Waals surface area (Å²) in [4.78, 5) is 0. The summed E-state index contributed by atoms with van der Waals surface area (Å²) in [6.07, 6.45) is 1.60. The van der Waals surface area contributed by atoms with Gasteiger partial charge in [-0.05, 0) is 36.8 Å². The molecule has 1 heterocycles. The van der Waals surface area contributed by atoms with Gasteiger partial charge in [0.2, 0.25) is 0 Å². The average molecular weight is 356 g/mol. The minimum absolute atomic E-state index is 0.429. The van der Waals surface area contributed by atoms with Crippen molar-refractivity contribution >= 4 is 46.7 Å². The van der Waals surface area contributed by atoms with Crippen LogP contribution in [0.2, 0.25) is 10.2 Å². The smallest absolute Gasteiger partial charge is 0.186 e. The highest BCUT2D eigenvalue weighted by molar-refractivity contribution is 7.80. The molecule has 0 aliphatic rings. The van der Waals surface area contributed by atoms with Crippen LogP contribution in [0.5, 0.6) is 0 Å². The van der Waals surface area contributed by atoms with Gasteiger partial charge in [-0.3, -0.25) is 5.43 Å². The third-order valence-corrected chi connectivity index (χ3v) is 3.89. The Kier molecular flexibility index (Phi) is 5.76. The SMILES string of the molecule is CNC(=S)N/N=C/c1c(C)nn(Cc2ccc(Cl)cc2)c1Cl. The molecule has 2 rings (SSSR count). The van der Waals surface area contributed by atoms with Crippen molar-refractivity contribution < 1.29 is 0 Å². The van der Waals surface area contributed by atoms with E-state index in [4.69, 9.17) is 35.4 Å². The minimum atomic E-state index is 0.429. The van der Waals surface area contributed by atoms with E-state index in [0.717, 1.165) is 16.8 Å². The molecule has 0 fully saturated rings. The lowest BCUT2D eigenvalue weighted by Gasteiger charge is -2.03. The van der Waals surface area contributed by atoms with Gasteiger partial charge in [0.1, 0.15) is 5.15 Å². The van der Waals surface area contributed by atoms with Gasteiger partial charge in [0.25, 0.3) is 0 Å². The molecule has 0 unspecified atom stereocenters. The number of benzene rings is 1. The van der Waals surface area contributed by atoms with Gasteiger partial charge < -0.3 is 5.32 Å². The number of aryl methyl sites for hydroxylation is 1. The van der Waals surface area contributed by atoms with E-state index in [0.29, 0.717) is 21.8 Å². The molecule has 0 bridgehead atoms. The summed E-state index contributed by atoms with van der Waals surface area (Å²) < 4.78 is 1.72. The zero-order valence-corrected chi connectivity index (χ0v) is 14.4. The molecular weight excluding hydrogens is 341 g/mol. The van der Waals surface area contributed by atoms with Crippen LogP contribution in [0, 0.1) is 6.92 Å². The highest BCUT2D eigenvalue weighted by Crippen LogP contribution is 2.19. The van der Waals surface area contributed by atoms with E-state index in [-0.39, 0.29) is 0 Å². The Bertz CT molecular complexity index is 694. The van der Waals surface area contributed by atoms with Crippen molar-refractivity contribution in [2.24, 2.45) is 5.10 Å². The second-order valence-electron chi connectivity index (χ2n) is 4.52. The van der Waals surface area contributed by atoms with E-state index in [1.54, 1.807) is 17.9 Å². The predicted molar refractivity (Wildman–Crippen MR) is 94.9 cm³/mol. The molecule has 0 saturated carbocycles. The third-order valence-electron chi connectivity index (χ3n) is 2.94. The number of nitrogens with one attached hydrogen (secondary N) is 2. The van der Waals surface area contributed by atoms with E-state index in [1.165, 1.54) is 0 Å². The summed E-state index contributed by atoms with van der Waals surface area (Å²) in [5, 5.41) is 12.9. The molecule has 0 saturated heterocycles. The number of hydrogen-bond donors (Lipinski definition) is 2. The molecule has 2 aromatic rings. The summed E-state index contributed by atoms with van der Waals surface area (Å²) in [7, 11) is 1.72. The Hall–Kier alpha value is -1.63. The van der Waals surface area contributed by atoms with Crippen LogP contribution in [0.1, 0.15) is 16.8 Å². The fraction of sp³-hybridized carbons (Fsp3) is 0.214. The van der Waals surface area contributed by atoms with Crippen molar-refractivity contribution in [1.29, 1.82) is 0 Å². The van der Waals surface area contributed by atoms with Gasteiger partial charge in [-0.15, -0.1) is 0 Å². The first kappa shape index (κ1) is 16.7. The number of hydrazone groups is 1. The van der Waals surface area contributed by atoms with E-state index >= 15 is 0 Å². The largest absolute Gasteiger partial charge is 0.364 e. The predicted octanol–water partition coefficient (Wildman–Crippen LogP) is 2.97. The van der Waals surface area contributed by atoms with Crippen LogP contribution < -0.4 is 10.7 Å². The molecule has 116 valence electrons. The quantitative estimate of drug-likeness (QED) is 0.502. The summed E-state index contributed by atoms with van der Waals surface area (Å²) in [5.41, 5.74) is 5.29. The van der Waals surface area contributed by atoms with Crippen LogP contribution in [-0.2, 0) is 6.54 Å². The molecule has 1 aromatic carbocycles. The van der Waals surface area contributed by atoms with Crippen molar-refractivity contribution in [3.05, 3.63) is 51.3 Å². The summed E-state index contributed by atoms with van der Waals surface area (Å²) >= 11 is 17.2. The van der Waals surface area contributed by atoms with Crippen LogP contribution >= 0.6 is 35.4 Å². The van der Waals surface area contributed by atoms with Crippen molar-refractivity contribution in [1.82, 2.24) is 20.5 Å². The van der Waals surface area contributed by atoms with Crippen LogP contribution in [0.3, 0.4) is 0 Å². The lowest BCUT2D eigenvalue weighted by molar-refractivity contribution is 0.680. The first-order valence-electron chi connectivity index (χ1n) is 6.49. The Morgan fingerprint density at radius 1 is 1.36 bits per heavy atom. The summed E-state index contributed by atoms with van der Waals surface area (Å²) in [5.74, 6) is 0. The number of rotatable bonds is 4. The average Bonchev–Trinajstić information content (AvgIpc) is 2.76. The van der Waals surface area contributed by atoms with Crippen molar-refractivity contribution in [3.8, 4) is 0 Å². The fourth-order valence-electron chi connectivity index (χ4n) is 1.79. The molecule has 22 heavy (non-hydrogen) atoms. The van der Waals surface area contributed by atoms with Gasteiger partial charge in [0.05, 0.1) is 24.0 Å². The van der Waals surface area contributed by atoms with E-state index in [9.17, 15) is 0 Å². The van der Waals surface area contributed by atoms with Crippen LogP contribution in [-0.4, -0.2) is 28.2 Å². The Morgan fingerprint density at radius 3 is 2.68 bits per heavy atom. The zero-order chi connectivity index (χ0) is 16.1. The Morgan fingerprint density at radius 2 is 2.05 bits per heavy atom. The van der Waals surface area contributed by atoms with Gasteiger partial charge in [-0.25, -0.2) is 4.68 Å². The highest BCUT2D eigenvalue weighted by Gasteiger charge is 2.12. The third kappa shape index (κ3) is 4.19. The van der Waals surface area contributed by atoms with Gasteiger partial charge in [-0.1, -0.05) is 35.3 Å². The first-order chi connectivity index (χ1) is 10.5. The normalized spacial score (nSPS) is 10.9. The molecular formula is C14H15Cl2N5S. The van der Waals surface area contributed by atoms with Gasteiger partial charge >= 0.3 is 0 Å². The zero-order valence-electron chi connectivity index (χ0n) is 12.1. The molecule has 8 heteroatoms. The maximum atomic E-state index is 6.37. The topological polar surface area (TPSA) is 54.2 Å². The molecule has 0 aliphatic carbocycles. The molecule has 1 aromatic heterocycles. The Labute approximate surface area is 144 Å². The molecule has 0 atom stereocenters. The summed E-state index contributed by atoms with van der Waals surface area (Å²) in [6.45, 7) is 2.44. The summed E-state index contributed by atoms with van der Waals surface area (Å²) in [6, 6.07) is 7.56. The van der Waals surface area contributed by atoms with Crippen LogP contribution in [0.25, 0.3) is 0 Å². The molecule has 5 nitrogen and oxygen atoms in total. The van der Waals surface area contributed by atoms with Crippen molar-refractivity contribution in [3.63, 3.8) is 0 Å². The number of hydrogen-bond acceptors (Lipinski definition) is 3. The number of halogens is 2. The fourth-order valence-corrected chi connectivity index (χ4v) is 2.25. The first-order valence-corrected chi connectivity index (χ1v) is 7.66. The molecule has 0 spiro atoms. The van der Waals surface area contributed by atoms with Crippen molar-refractivity contribution in [2.45, 2.75) is 13.5 Å². The van der Waals surface area contributed by atoms with E-state index < -0.39 is 0 Å². The van der Waals surface area contributed by atoms with Crippen molar-refractivity contribution in [2.75, 3.05) is 7.05 Å². The maximum absolute atomic E-state index is 6.37. The van der Waals surface area contributed by atoms with E-state index in [2.05, 4.69) is 20.9 Å². The molecule has 0 amide bonds. The monoisotopic (exact) mass is 355 g/mol. The minimum Gasteiger partial charge on any atom is -0.364 e. The van der Waals surface area contributed by atoms with Gasteiger partial charge in [0, 0.05) is 12.1 Å². The number of nitrogens with zero attached hydrogens (tertiary/aromatic N) is 3. The molecule has 2 N–H and O–H groups in total. The second kappa shape index (κ2) is 7.58. The van der Waals surface area contributed by atoms with E-state index in [1.807, 2.05) is 31.2 Å². The van der Waals surface area contributed by atoms with Crippen LogP contribution in [0.4, 0.5) is 0 Å². The van der Waals surface area contributed by atoms with Gasteiger partial charge in [-0.2, -0.15) is 10.2 Å². The number of thiocarbonyl (C=S) groups is 1. The lowest BCUT2D eigenvalue weighted by Crippen LogP contribution is -2.28.